The van der Waals surface area contributed by atoms with E-state index in [1.807, 2.05) is 19.9 Å². The van der Waals surface area contributed by atoms with Crippen molar-refractivity contribution in [3.8, 4) is 0 Å². The molecule has 1 aliphatic rings. The summed E-state index contributed by atoms with van der Waals surface area (Å²) in [4.78, 5) is 27.3. The molecule has 1 fully saturated rings. The summed E-state index contributed by atoms with van der Waals surface area (Å²) >= 11 is 0. The van der Waals surface area contributed by atoms with Gasteiger partial charge < -0.3 is 70.3 Å². The van der Waals surface area contributed by atoms with Gasteiger partial charge in [-0.1, -0.05) is 18.9 Å². The summed E-state index contributed by atoms with van der Waals surface area (Å²) < 4.78 is 15.9. The molecule has 48 heavy (non-hydrogen) atoms. The minimum absolute atomic E-state index is 0.0552. The molecule has 0 bridgehead atoms. The van der Waals surface area contributed by atoms with Gasteiger partial charge >= 0.3 is 5.63 Å². The van der Waals surface area contributed by atoms with Crippen molar-refractivity contribution in [2.75, 3.05) is 50.8 Å². The second-order valence-electron chi connectivity index (χ2n) is 11.8. The van der Waals surface area contributed by atoms with E-state index in [2.05, 4.69) is 15.5 Å². The topological polar surface area (TPSA) is 255 Å². The molecule has 1 aromatic carbocycles. The lowest BCUT2D eigenvalue weighted by Crippen LogP contribution is -2.61. The first-order valence-corrected chi connectivity index (χ1v) is 16.4. The van der Waals surface area contributed by atoms with Gasteiger partial charge in [-0.25, -0.2) is 4.79 Å². The van der Waals surface area contributed by atoms with Gasteiger partial charge in [0.25, 0.3) is 5.91 Å². The van der Waals surface area contributed by atoms with Crippen LogP contribution < -0.4 is 21.2 Å². The maximum atomic E-state index is 12.6. The van der Waals surface area contributed by atoms with Gasteiger partial charge in [0.2, 0.25) is 0 Å². The van der Waals surface area contributed by atoms with Gasteiger partial charge in [0.15, 0.2) is 12.1 Å². The van der Waals surface area contributed by atoms with Gasteiger partial charge in [0, 0.05) is 31.9 Å². The zero-order valence-corrected chi connectivity index (χ0v) is 27.3. The van der Waals surface area contributed by atoms with Crippen LogP contribution in [0.3, 0.4) is 0 Å². The zero-order chi connectivity index (χ0) is 35.4. The van der Waals surface area contributed by atoms with Gasteiger partial charge in [-0.3, -0.25) is 4.79 Å². The van der Waals surface area contributed by atoms with Crippen molar-refractivity contribution in [2.24, 2.45) is 0 Å². The Labute approximate surface area is 278 Å². The van der Waals surface area contributed by atoms with Crippen LogP contribution in [0.5, 0.6) is 0 Å². The van der Waals surface area contributed by atoms with E-state index in [0.29, 0.717) is 36.7 Å². The van der Waals surface area contributed by atoms with E-state index in [-0.39, 0.29) is 12.3 Å². The number of amides is 1. The summed E-state index contributed by atoms with van der Waals surface area (Å²) in [5.74, 6) is -0.531. The molecular formula is C32H51N3O13. The van der Waals surface area contributed by atoms with Crippen LogP contribution >= 0.6 is 0 Å². The third-order valence-electron chi connectivity index (χ3n) is 8.45. The number of aliphatic hydroxyl groups is 8. The smallest absolute Gasteiger partial charge is 0.344 e. The fourth-order valence-corrected chi connectivity index (χ4v) is 5.51. The molecule has 0 aliphatic carbocycles. The number of aliphatic hydroxyl groups excluding tert-OH is 8. The van der Waals surface area contributed by atoms with E-state index in [1.54, 1.807) is 18.2 Å². The average molecular weight is 686 g/mol. The number of unbranched alkanes of at least 4 members (excludes halogenated alkanes) is 3. The number of nitrogens with zero attached hydrogens (tertiary/aromatic N) is 1. The van der Waals surface area contributed by atoms with E-state index < -0.39 is 79.9 Å². The summed E-state index contributed by atoms with van der Waals surface area (Å²) in [5, 5.41) is 87.0. The molecule has 0 spiro atoms. The molecule has 0 saturated carbocycles. The number of carbonyl (C=O) groups is 1. The minimum Gasteiger partial charge on any atom is -0.417 e. The Morgan fingerprint density at radius 3 is 2.27 bits per heavy atom. The van der Waals surface area contributed by atoms with Crippen LogP contribution in [0.25, 0.3) is 10.8 Å². The molecule has 0 radical (unpaired) electrons. The number of benzene rings is 1. The average Bonchev–Trinajstić information content (AvgIpc) is 3.09. The van der Waals surface area contributed by atoms with Crippen LogP contribution in [0, 0.1) is 0 Å². The molecule has 16 nitrogen and oxygen atoms in total. The zero-order valence-electron chi connectivity index (χ0n) is 27.3. The Morgan fingerprint density at radius 2 is 1.62 bits per heavy atom. The van der Waals surface area contributed by atoms with Crippen molar-refractivity contribution in [3.05, 3.63) is 40.4 Å². The second-order valence-corrected chi connectivity index (χ2v) is 11.8. The van der Waals surface area contributed by atoms with Crippen molar-refractivity contribution in [1.82, 2.24) is 10.6 Å². The van der Waals surface area contributed by atoms with E-state index >= 15 is 0 Å². The normalized spacial score (nSPS) is 23.8. The van der Waals surface area contributed by atoms with E-state index in [4.69, 9.17) is 13.9 Å². The molecule has 3 rings (SSSR count). The van der Waals surface area contributed by atoms with Crippen molar-refractivity contribution in [1.29, 1.82) is 0 Å². The SMILES string of the molecule is CCN(CC)c1ccc2cc(C(=O)NCCCCCCNC[C@H](O)[C@@H](O)[C@H](O[C@@H]3O[C@H](CO)[C@H](O)[C@H](O)[C@H]3O)[C@H](O)CO)oc(=O)c2c1. The van der Waals surface area contributed by atoms with Gasteiger partial charge in [0.05, 0.1) is 24.7 Å². The van der Waals surface area contributed by atoms with Crippen LogP contribution in [-0.2, 0) is 9.47 Å². The van der Waals surface area contributed by atoms with Crippen LogP contribution in [-0.4, -0.2) is 148 Å². The van der Waals surface area contributed by atoms with Gasteiger partial charge in [0.1, 0.15) is 42.7 Å². The van der Waals surface area contributed by atoms with Crippen molar-refractivity contribution >= 4 is 22.4 Å². The lowest BCUT2D eigenvalue weighted by Gasteiger charge is -2.42. The molecule has 1 amide bonds. The van der Waals surface area contributed by atoms with Crippen molar-refractivity contribution < 1.29 is 59.5 Å². The second kappa shape index (κ2) is 19.4. The van der Waals surface area contributed by atoms with Gasteiger partial charge in [-0.05, 0) is 56.8 Å². The van der Waals surface area contributed by atoms with Crippen LogP contribution in [0.2, 0.25) is 0 Å². The Morgan fingerprint density at radius 1 is 0.938 bits per heavy atom. The Kier molecular flexibility index (Phi) is 16.1. The maximum absolute atomic E-state index is 12.6. The first-order chi connectivity index (χ1) is 23.0. The summed E-state index contributed by atoms with van der Waals surface area (Å²) in [6.07, 6.45) is -11.8. The Hall–Kier alpha value is -2.74. The summed E-state index contributed by atoms with van der Waals surface area (Å²) in [7, 11) is 0. The van der Waals surface area contributed by atoms with Gasteiger partial charge in [-0.2, -0.15) is 0 Å². The molecule has 272 valence electrons. The summed E-state index contributed by atoms with van der Waals surface area (Å²) in [5.41, 5.74) is 0.338. The highest BCUT2D eigenvalue weighted by molar-refractivity contribution is 5.95. The number of carbonyl (C=O) groups excluding carboxylic acids is 1. The van der Waals surface area contributed by atoms with Gasteiger partial charge in [-0.15, -0.1) is 0 Å². The van der Waals surface area contributed by atoms with Crippen LogP contribution in [0.1, 0.15) is 50.1 Å². The maximum Gasteiger partial charge on any atom is 0.344 e. The highest BCUT2D eigenvalue weighted by Gasteiger charge is 2.46. The standard InChI is InChI=1S/C32H51N3O13/c1-3-35(4-2)19-10-9-18-13-23(46-31(45)20(18)14-19)30(44)34-12-8-6-5-7-11-33-15-21(38)25(40)29(22(39)16-36)48-32-28(43)27(42)26(41)24(17-37)47-32/h9-10,13-14,21-22,24-29,32-33,36-43H,3-8,11-12,15-17H2,1-2H3,(H,34,44)/t21-,22+,24+,25+,26-,27-,28+,29+,32-/m0/s1. The molecule has 2 aromatic rings. The molecule has 16 heteroatoms. The number of hydrogen-bond acceptors (Lipinski definition) is 15. The highest BCUT2D eigenvalue weighted by atomic mass is 16.7. The number of anilines is 1. The first kappa shape index (κ1) is 39.7. The molecule has 9 atom stereocenters. The van der Waals surface area contributed by atoms with E-state index in [9.17, 15) is 50.4 Å². The molecule has 1 saturated heterocycles. The molecule has 1 aromatic heterocycles. The summed E-state index contributed by atoms with van der Waals surface area (Å²) in [6.45, 7) is 4.80. The molecular weight excluding hydrogens is 634 g/mol. The Balaban J connectivity index is 1.37. The monoisotopic (exact) mass is 685 g/mol. The summed E-state index contributed by atoms with van der Waals surface area (Å²) in [6, 6.07) is 7.05. The molecule has 0 unspecified atom stereocenters. The minimum atomic E-state index is -1.81. The number of hydrogen-bond donors (Lipinski definition) is 10. The van der Waals surface area contributed by atoms with Crippen LogP contribution in [0.4, 0.5) is 5.69 Å². The molecule has 1 aliphatic heterocycles. The lowest BCUT2D eigenvalue weighted by atomic mass is 9.98. The van der Waals surface area contributed by atoms with E-state index in [0.717, 1.165) is 31.6 Å². The number of fused-ring (bicyclic) bond motifs is 1. The predicted octanol–water partition coefficient (Wildman–Crippen LogP) is -2.22. The Bertz CT molecular complexity index is 1320. The third-order valence-corrected chi connectivity index (χ3v) is 8.45. The van der Waals surface area contributed by atoms with Crippen molar-refractivity contribution in [2.45, 2.75) is 94.7 Å². The fraction of sp³-hybridized carbons (Fsp3) is 0.688. The highest BCUT2D eigenvalue weighted by Crippen LogP contribution is 2.25. The fourth-order valence-electron chi connectivity index (χ4n) is 5.51. The predicted molar refractivity (Wildman–Crippen MR) is 173 cm³/mol. The van der Waals surface area contributed by atoms with Crippen LogP contribution in [0.15, 0.2) is 33.5 Å². The number of nitrogens with one attached hydrogen (secondary N) is 2. The largest absolute Gasteiger partial charge is 0.417 e. The molecule has 2 heterocycles. The quantitative estimate of drug-likeness (QED) is 0.0663. The van der Waals surface area contributed by atoms with E-state index in [1.165, 1.54) is 0 Å². The number of ether oxygens (including phenoxy) is 2. The third kappa shape index (κ3) is 10.4. The molecule has 10 N–H and O–H groups in total. The van der Waals surface area contributed by atoms with Crippen molar-refractivity contribution in [3.63, 3.8) is 0 Å². The number of rotatable bonds is 20. The first-order valence-electron chi connectivity index (χ1n) is 16.4. The lowest BCUT2D eigenvalue weighted by molar-refractivity contribution is -0.327.